The number of hydrogen-bond donors (Lipinski definition) is 1. The number of nitrogens with one attached hydrogen (secondary N) is 1. The Labute approximate surface area is 107 Å². The molecular formula is C12H12N2OS2. The highest BCUT2D eigenvalue weighted by Gasteiger charge is 2.19. The molecule has 2 aromatic rings. The fourth-order valence-electron chi connectivity index (χ4n) is 1.90. The predicted octanol–water partition coefficient (Wildman–Crippen LogP) is 2.44. The zero-order valence-corrected chi connectivity index (χ0v) is 10.8. The van der Waals surface area contributed by atoms with Crippen LogP contribution in [0.4, 0.5) is 0 Å². The molecule has 0 radical (unpaired) electrons. The topological polar surface area (TPSA) is 45.8 Å². The van der Waals surface area contributed by atoms with Crippen molar-refractivity contribution in [1.29, 1.82) is 0 Å². The molecule has 3 rings (SSSR count). The van der Waals surface area contributed by atoms with Crippen LogP contribution in [0.2, 0.25) is 0 Å². The van der Waals surface area contributed by atoms with Gasteiger partial charge < -0.3 is 4.98 Å². The molecule has 5 heteroatoms. The molecule has 1 saturated heterocycles. The summed E-state index contributed by atoms with van der Waals surface area (Å²) in [7, 11) is 0. The van der Waals surface area contributed by atoms with Crippen molar-refractivity contribution in [3.8, 4) is 0 Å². The van der Waals surface area contributed by atoms with Crippen molar-refractivity contribution >= 4 is 34.4 Å². The number of hydrogen-bond acceptors (Lipinski definition) is 4. The molecular weight excluding hydrogens is 252 g/mol. The van der Waals surface area contributed by atoms with Crippen LogP contribution >= 0.6 is 23.5 Å². The van der Waals surface area contributed by atoms with Crippen LogP contribution in [0.5, 0.6) is 0 Å². The highest BCUT2D eigenvalue weighted by molar-refractivity contribution is 8.06. The Bertz CT molecular complexity index is 590. The predicted molar refractivity (Wildman–Crippen MR) is 74.9 cm³/mol. The summed E-state index contributed by atoms with van der Waals surface area (Å²) >= 11 is 3.81. The molecule has 1 unspecified atom stereocenters. The Kier molecular flexibility index (Phi) is 3.11. The minimum atomic E-state index is -0.0261. The summed E-state index contributed by atoms with van der Waals surface area (Å²) in [6, 6.07) is 7.49. The van der Waals surface area contributed by atoms with Crippen LogP contribution in [0.1, 0.15) is 11.1 Å². The lowest BCUT2D eigenvalue weighted by atomic mass is 10.2. The van der Waals surface area contributed by atoms with Gasteiger partial charge in [0.1, 0.15) is 5.82 Å². The van der Waals surface area contributed by atoms with Gasteiger partial charge in [0.2, 0.25) is 0 Å². The van der Waals surface area contributed by atoms with Crippen molar-refractivity contribution in [2.75, 3.05) is 17.3 Å². The fraction of sp³-hybridized carbons (Fsp3) is 0.333. The number of thioether (sulfide) groups is 2. The maximum atomic E-state index is 11.9. The Morgan fingerprint density at radius 1 is 1.29 bits per heavy atom. The lowest BCUT2D eigenvalue weighted by Gasteiger charge is -2.20. The number of H-pyrrole nitrogens is 1. The summed E-state index contributed by atoms with van der Waals surface area (Å²) in [6.45, 7) is 0. The molecule has 2 heterocycles. The van der Waals surface area contributed by atoms with E-state index in [2.05, 4.69) is 9.97 Å². The van der Waals surface area contributed by atoms with Gasteiger partial charge in [-0.25, -0.2) is 4.98 Å². The molecule has 1 N–H and O–H groups in total. The molecule has 1 aliphatic heterocycles. The van der Waals surface area contributed by atoms with Crippen LogP contribution < -0.4 is 5.56 Å². The molecule has 1 atom stereocenters. The molecule has 1 aromatic heterocycles. The standard InChI is InChI=1S/C12H12N2OS2/c15-12-8-3-1-2-4-9(8)13-11(14-12)10-7-16-5-6-17-10/h1-4,10H,5-7H2,(H,13,14,15). The number of rotatable bonds is 1. The van der Waals surface area contributed by atoms with Gasteiger partial charge in [0.05, 0.1) is 16.2 Å². The second-order valence-corrected chi connectivity index (χ2v) is 6.36. The average Bonchev–Trinajstić information content (AvgIpc) is 2.40. The van der Waals surface area contributed by atoms with Crippen molar-refractivity contribution in [2.24, 2.45) is 0 Å². The zero-order chi connectivity index (χ0) is 11.7. The van der Waals surface area contributed by atoms with Gasteiger partial charge in [-0.3, -0.25) is 4.79 Å². The molecule has 3 nitrogen and oxygen atoms in total. The highest BCUT2D eigenvalue weighted by Crippen LogP contribution is 2.34. The summed E-state index contributed by atoms with van der Waals surface area (Å²) in [5.74, 6) is 4.18. The first-order chi connectivity index (χ1) is 8.34. The van der Waals surface area contributed by atoms with E-state index >= 15 is 0 Å². The molecule has 1 fully saturated rings. The Morgan fingerprint density at radius 3 is 3.00 bits per heavy atom. The van der Waals surface area contributed by atoms with E-state index in [1.807, 2.05) is 47.8 Å². The van der Waals surface area contributed by atoms with E-state index in [1.54, 1.807) is 0 Å². The molecule has 17 heavy (non-hydrogen) atoms. The molecule has 0 spiro atoms. The van der Waals surface area contributed by atoms with Crippen LogP contribution in [0, 0.1) is 0 Å². The van der Waals surface area contributed by atoms with Gasteiger partial charge in [-0.05, 0) is 12.1 Å². The molecule has 1 aromatic carbocycles. The van der Waals surface area contributed by atoms with Gasteiger partial charge in [0.25, 0.3) is 5.56 Å². The van der Waals surface area contributed by atoms with E-state index in [1.165, 1.54) is 5.75 Å². The summed E-state index contributed by atoms with van der Waals surface area (Å²) in [4.78, 5) is 19.4. The Morgan fingerprint density at radius 2 is 2.18 bits per heavy atom. The Balaban J connectivity index is 2.08. The van der Waals surface area contributed by atoms with Crippen LogP contribution in [0.15, 0.2) is 29.1 Å². The van der Waals surface area contributed by atoms with E-state index in [0.29, 0.717) is 10.6 Å². The number of benzene rings is 1. The first-order valence-electron chi connectivity index (χ1n) is 5.53. The smallest absolute Gasteiger partial charge is 0.258 e. The van der Waals surface area contributed by atoms with E-state index in [-0.39, 0.29) is 5.56 Å². The van der Waals surface area contributed by atoms with E-state index in [0.717, 1.165) is 22.8 Å². The van der Waals surface area contributed by atoms with Crippen LogP contribution in [-0.2, 0) is 0 Å². The van der Waals surface area contributed by atoms with Gasteiger partial charge in [-0.15, -0.1) is 11.8 Å². The van der Waals surface area contributed by atoms with Gasteiger partial charge in [-0.2, -0.15) is 11.8 Å². The largest absolute Gasteiger partial charge is 0.309 e. The van der Waals surface area contributed by atoms with E-state index < -0.39 is 0 Å². The summed E-state index contributed by atoms with van der Waals surface area (Å²) in [5.41, 5.74) is 0.768. The number of para-hydroxylation sites is 1. The first kappa shape index (κ1) is 11.2. The second-order valence-electron chi connectivity index (χ2n) is 3.90. The molecule has 0 amide bonds. The van der Waals surface area contributed by atoms with Gasteiger partial charge in [0.15, 0.2) is 0 Å². The maximum Gasteiger partial charge on any atom is 0.258 e. The van der Waals surface area contributed by atoms with Crippen LogP contribution in [0.3, 0.4) is 0 Å². The van der Waals surface area contributed by atoms with Crippen molar-refractivity contribution < 1.29 is 0 Å². The lowest BCUT2D eigenvalue weighted by Crippen LogP contribution is -2.17. The van der Waals surface area contributed by atoms with E-state index in [9.17, 15) is 4.79 Å². The van der Waals surface area contributed by atoms with Gasteiger partial charge in [0, 0.05) is 17.3 Å². The third kappa shape index (κ3) is 2.21. The number of fused-ring (bicyclic) bond motifs is 1. The molecule has 0 bridgehead atoms. The Hall–Kier alpha value is -0.940. The van der Waals surface area contributed by atoms with Crippen molar-refractivity contribution in [2.45, 2.75) is 5.25 Å². The van der Waals surface area contributed by atoms with Crippen molar-refractivity contribution in [3.05, 3.63) is 40.4 Å². The maximum absolute atomic E-state index is 11.9. The molecule has 1 aliphatic rings. The normalized spacial score (nSPS) is 20.6. The monoisotopic (exact) mass is 264 g/mol. The molecule has 88 valence electrons. The number of aromatic nitrogens is 2. The number of aromatic amines is 1. The quantitative estimate of drug-likeness (QED) is 0.859. The summed E-state index contributed by atoms with van der Waals surface area (Å²) < 4.78 is 0. The third-order valence-corrected chi connectivity index (χ3v) is 5.52. The van der Waals surface area contributed by atoms with Crippen LogP contribution in [-0.4, -0.2) is 27.2 Å². The SMILES string of the molecule is O=c1[nH]c(C2CSCCS2)nc2ccccc12. The number of nitrogens with zero attached hydrogens (tertiary/aromatic N) is 1. The summed E-state index contributed by atoms with van der Waals surface area (Å²) in [5, 5.41) is 0.996. The van der Waals surface area contributed by atoms with Gasteiger partial charge >= 0.3 is 0 Å². The zero-order valence-electron chi connectivity index (χ0n) is 9.18. The van der Waals surface area contributed by atoms with Crippen molar-refractivity contribution in [1.82, 2.24) is 9.97 Å². The third-order valence-electron chi connectivity index (χ3n) is 2.75. The van der Waals surface area contributed by atoms with Crippen LogP contribution in [0.25, 0.3) is 10.9 Å². The minimum Gasteiger partial charge on any atom is -0.309 e. The lowest BCUT2D eigenvalue weighted by molar-refractivity contribution is 0.928. The highest BCUT2D eigenvalue weighted by atomic mass is 32.2. The summed E-state index contributed by atoms with van der Waals surface area (Å²) in [6.07, 6.45) is 0. The van der Waals surface area contributed by atoms with Gasteiger partial charge in [-0.1, -0.05) is 12.1 Å². The fourth-order valence-corrected chi connectivity index (χ4v) is 4.53. The average molecular weight is 264 g/mol. The first-order valence-corrected chi connectivity index (χ1v) is 7.73. The molecule has 0 aliphatic carbocycles. The second kappa shape index (κ2) is 4.74. The van der Waals surface area contributed by atoms with Crippen molar-refractivity contribution in [3.63, 3.8) is 0 Å². The van der Waals surface area contributed by atoms with E-state index in [4.69, 9.17) is 0 Å². The molecule has 0 saturated carbocycles. The minimum absolute atomic E-state index is 0.0261.